The van der Waals surface area contributed by atoms with Gasteiger partial charge in [0.25, 0.3) is 0 Å². The summed E-state index contributed by atoms with van der Waals surface area (Å²) in [6, 6.07) is 1.83. The molecule has 3 rings (SSSR count). The Hall–Kier alpha value is -1.33. The Morgan fingerprint density at radius 2 is 2.12 bits per heavy atom. The third-order valence-corrected chi connectivity index (χ3v) is 3.85. The van der Waals surface area contributed by atoms with Crippen molar-refractivity contribution in [3.8, 4) is 10.8 Å². The summed E-state index contributed by atoms with van der Waals surface area (Å²) < 4.78 is 0. The molecule has 4 nitrogen and oxygen atoms in total. The Kier molecular flexibility index (Phi) is 2.86. The van der Waals surface area contributed by atoms with Crippen LogP contribution in [0.3, 0.4) is 0 Å². The molecule has 17 heavy (non-hydrogen) atoms. The average molecular weight is 246 g/mol. The van der Waals surface area contributed by atoms with Crippen LogP contribution in [0, 0.1) is 0 Å². The molecule has 1 aliphatic carbocycles. The third-order valence-electron chi connectivity index (χ3n) is 2.79. The van der Waals surface area contributed by atoms with Crippen LogP contribution in [0.25, 0.3) is 10.8 Å². The molecule has 0 bridgehead atoms. The first-order valence-electron chi connectivity index (χ1n) is 5.80. The van der Waals surface area contributed by atoms with Gasteiger partial charge in [0.15, 0.2) is 10.8 Å². The van der Waals surface area contributed by atoms with Gasteiger partial charge in [0.1, 0.15) is 0 Å². The molecule has 0 amide bonds. The number of rotatable bonds is 4. The van der Waals surface area contributed by atoms with E-state index in [4.69, 9.17) is 4.98 Å². The molecule has 1 fully saturated rings. The summed E-state index contributed by atoms with van der Waals surface area (Å²) in [7, 11) is 1.97. The van der Waals surface area contributed by atoms with Gasteiger partial charge in [0.05, 0.1) is 5.69 Å². The fraction of sp³-hybridized carbons (Fsp3) is 0.417. The van der Waals surface area contributed by atoms with E-state index in [0.29, 0.717) is 5.92 Å². The normalized spacial score (nSPS) is 15.1. The van der Waals surface area contributed by atoms with E-state index in [1.54, 1.807) is 23.7 Å². The highest BCUT2D eigenvalue weighted by molar-refractivity contribution is 7.15. The van der Waals surface area contributed by atoms with E-state index in [2.05, 4.69) is 15.3 Å². The lowest BCUT2D eigenvalue weighted by atomic mass is 10.2. The van der Waals surface area contributed by atoms with Crippen molar-refractivity contribution >= 4 is 11.3 Å². The lowest BCUT2D eigenvalue weighted by Gasteiger charge is -1.97. The van der Waals surface area contributed by atoms with E-state index in [-0.39, 0.29) is 0 Å². The van der Waals surface area contributed by atoms with Crippen LogP contribution >= 0.6 is 11.3 Å². The number of thiazole rings is 1. The molecular formula is C12H14N4S. The topological polar surface area (TPSA) is 50.7 Å². The van der Waals surface area contributed by atoms with Crippen molar-refractivity contribution in [1.82, 2.24) is 20.3 Å². The van der Waals surface area contributed by atoms with Crippen molar-refractivity contribution in [1.29, 1.82) is 0 Å². The first kappa shape index (κ1) is 10.8. The second kappa shape index (κ2) is 4.50. The van der Waals surface area contributed by atoms with Crippen LogP contribution in [0.4, 0.5) is 0 Å². The van der Waals surface area contributed by atoms with E-state index < -0.39 is 0 Å². The van der Waals surface area contributed by atoms with Crippen molar-refractivity contribution < 1.29 is 0 Å². The van der Waals surface area contributed by atoms with Gasteiger partial charge in [0.2, 0.25) is 0 Å². The zero-order valence-electron chi connectivity index (χ0n) is 9.68. The molecule has 0 saturated heterocycles. The van der Waals surface area contributed by atoms with Gasteiger partial charge in [0, 0.05) is 29.7 Å². The summed E-state index contributed by atoms with van der Waals surface area (Å²) in [6.45, 7) is 0.885. The Labute approximate surface area is 104 Å². The molecule has 2 heterocycles. The average Bonchev–Trinajstić information content (AvgIpc) is 3.13. The second-order valence-electron chi connectivity index (χ2n) is 4.20. The van der Waals surface area contributed by atoms with Crippen LogP contribution < -0.4 is 5.32 Å². The molecule has 2 aromatic rings. The number of nitrogens with one attached hydrogen (secondary N) is 1. The van der Waals surface area contributed by atoms with Crippen molar-refractivity contribution in [3.05, 3.63) is 29.0 Å². The smallest absolute Gasteiger partial charge is 0.188 e. The molecule has 1 saturated carbocycles. The number of hydrogen-bond acceptors (Lipinski definition) is 5. The summed E-state index contributed by atoms with van der Waals surface area (Å²) in [5.74, 6) is 1.41. The minimum absolute atomic E-state index is 0.673. The first-order chi connectivity index (χ1) is 8.38. The highest BCUT2D eigenvalue weighted by Crippen LogP contribution is 2.43. The van der Waals surface area contributed by atoms with Crippen LogP contribution in [0.2, 0.25) is 0 Å². The SMILES string of the molecule is CNCc1sc(-c2ncccn2)nc1C1CC1. The number of hydrogen-bond donors (Lipinski definition) is 1. The van der Waals surface area contributed by atoms with Crippen molar-refractivity contribution in [2.75, 3.05) is 7.05 Å². The molecule has 0 aromatic carbocycles. The van der Waals surface area contributed by atoms with Gasteiger partial charge in [-0.15, -0.1) is 11.3 Å². The molecule has 0 spiro atoms. The molecule has 5 heteroatoms. The largest absolute Gasteiger partial charge is 0.315 e. The van der Waals surface area contributed by atoms with E-state index in [0.717, 1.165) is 17.4 Å². The lowest BCUT2D eigenvalue weighted by molar-refractivity contribution is 0.813. The second-order valence-corrected chi connectivity index (χ2v) is 5.29. The predicted octanol–water partition coefficient (Wildman–Crippen LogP) is 2.20. The monoisotopic (exact) mass is 246 g/mol. The van der Waals surface area contributed by atoms with Crippen LogP contribution in [-0.4, -0.2) is 22.0 Å². The Balaban J connectivity index is 1.98. The van der Waals surface area contributed by atoms with E-state index in [1.807, 2.05) is 13.1 Å². The van der Waals surface area contributed by atoms with Gasteiger partial charge in [-0.3, -0.25) is 0 Å². The highest BCUT2D eigenvalue weighted by atomic mass is 32.1. The van der Waals surface area contributed by atoms with E-state index >= 15 is 0 Å². The lowest BCUT2D eigenvalue weighted by Crippen LogP contribution is -2.05. The minimum atomic E-state index is 0.673. The van der Waals surface area contributed by atoms with Gasteiger partial charge >= 0.3 is 0 Å². The van der Waals surface area contributed by atoms with Gasteiger partial charge in [-0.1, -0.05) is 0 Å². The molecule has 0 radical (unpaired) electrons. The Bertz CT molecular complexity index is 504. The minimum Gasteiger partial charge on any atom is -0.315 e. The number of aromatic nitrogens is 3. The van der Waals surface area contributed by atoms with Crippen LogP contribution in [0.5, 0.6) is 0 Å². The fourth-order valence-corrected chi connectivity index (χ4v) is 2.94. The summed E-state index contributed by atoms with van der Waals surface area (Å²) in [6.07, 6.45) is 6.07. The number of nitrogens with zero attached hydrogens (tertiary/aromatic N) is 3. The van der Waals surface area contributed by atoms with E-state index in [9.17, 15) is 0 Å². The Morgan fingerprint density at radius 3 is 2.76 bits per heavy atom. The molecule has 2 aromatic heterocycles. The zero-order valence-corrected chi connectivity index (χ0v) is 10.5. The summed E-state index contributed by atoms with van der Waals surface area (Å²) in [5.41, 5.74) is 1.26. The maximum atomic E-state index is 4.71. The van der Waals surface area contributed by atoms with Gasteiger partial charge in [-0.25, -0.2) is 15.0 Å². The van der Waals surface area contributed by atoms with Crippen molar-refractivity contribution in [2.24, 2.45) is 0 Å². The zero-order chi connectivity index (χ0) is 11.7. The summed E-state index contributed by atoms with van der Waals surface area (Å²) >= 11 is 1.71. The molecule has 1 aliphatic rings. The van der Waals surface area contributed by atoms with Crippen molar-refractivity contribution in [3.63, 3.8) is 0 Å². The fourth-order valence-electron chi connectivity index (χ4n) is 1.83. The van der Waals surface area contributed by atoms with Crippen LogP contribution in [-0.2, 0) is 6.54 Å². The Morgan fingerprint density at radius 1 is 1.35 bits per heavy atom. The van der Waals surface area contributed by atoms with Gasteiger partial charge < -0.3 is 5.32 Å². The molecule has 0 atom stereocenters. The standard InChI is InChI=1S/C12H14N4S/c1-13-7-9-10(8-3-4-8)16-12(17-9)11-14-5-2-6-15-11/h2,5-6,8,13H,3-4,7H2,1H3. The highest BCUT2D eigenvalue weighted by Gasteiger charge is 2.29. The predicted molar refractivity (Wildman–Crippen MR) is 67.9 cm³/mol. The summed E-state index contributed by atoms with van der Waals surface area (Å²) in [5, 5.41) is 4.14. The van der Waals surface area contributed by atoms with Crippen molar-refractivity contribution in [2.45, 2.75) is 25.3 Å². The van der Waals surface area contributed by atoms with Gasteiger partial charge in [-0.2, -0.15) is 0 Å². The quantitative estimate of drug-likeness (QED) is 0.898. The van der Waals surface area contributed by atoms with Gasteiger partial charge in [-0.05, 0) is 26.0 Å². The molecule has 0 aliphatic heterocycles. The maximum absolute atomic E-state index is 4.71. The molecule has 1 N–H and O–H groups in total. The molecule has 88 valence electrons. The first-order valence-corrected chi connectivity index (χ1v) is 6.61. The molecular weight excluding hydrogens is 232 g/mol. The van der Waals surface area contributed by atoms with E-state index in [1.165, 1.54) is 23.4 Å². The summed E-state index contributed by atoms with van der Waals surface area (Å²) in [4.78, 5) is 14.6. The molecule has 0 unspecified atom stereocenters. The van der Waals surface area contributed by atoms with Crippen LogP contribution in [0.1, 0.15) is 29.3 Å². The third kappa shape index (κ3) is 2.21. The maximum Gasteiger partial charge on any atom is 0.188 e. The van der Waals surface area contributed by atoms with Crippen LogP contribution in [0.15, 0.2) is 18.5 Å².